The number of nitrogens with zero attached hydrogens (tertiary/aromatic N) is 2. The van der Waals surface area contributed by atoms with Gasteiger partial charge in [0.15, 0.2) is 5.13 Å². The molecule has 0 aliphatic carbocycles. The third kappa shape index (κ3) is 3.64. The van der Waals surface area contributed by atoms with E-state index in [0.29, 0.717) is 17.2 Å². The number of halogens is 1. The van der Waals surface area contributed by atoms with E-state index < -0.39 is 0 Å². The molecule has 114 valence electrons. The van der Waals surface area contributed by atoms with Crippen LogP contribution in [0.25, 0.3) is 0 Å². The Morgan fingerprint density at radius 1 is 1.36 bits per heavy atom. The molecule has 1 aromatic carbocycles. The van der Waals surface area contributed by atoms with E-state index >= 15 is 0 Å². The molecule has 7 heteroatoms. The standard InChI is InChI=1S/C15H14IN3O2S/c16-10-3-5-11(6-4-10)17-13(20)8-12-9-22-15(18-12)19-7-1-2-14(19)21/h3-6,9H,1-2,7-8H2,(H,17,20). The van der Waals surface area contributed by atoms with Crippen LogP contribution in [0.4, 0.5) is 10.8 Å². The predicted molar refractivity (Wildman–Crippen MR) is 95.2 cm³/mol. The maximum absolute atomic E-state index is 12.0. The first-order valence-corrected chi connectivity index (χ1v) is 8.88. The number of carbonyl (C=O) groups is 2. The molecule has 0 radical (unpaired) electrons. The van der Waals surface area contributed by atoms with E-state index in [4.69, 9.17) is 0 Å². The molecular weight excluding hydrogens is 413 g/mol. The van der Waals surface area contributed by atoms with E-state index in [2.05, 4.69) is 32.9 Å². The zero-order valence-electron chi connectivity index (χ0n) is 11.7. The fourth-order valence-electron chi connectivity index (χ4n) is 2.25. The number of thiazole rings is 1. The largest absolute Gasteiger partial charge is 0.326 e. The van der Waals surface area contributed by atoms with Crippen molar-refractivity contribution in [1.82, 2.24) is 4.98 Å². The molecule has 3 rings (SSSR count). The van der Waals surface area contributed by atoms with Gasteiger partial charge < -0.3 is 5.32 Å². The van der Waals surface area contributed by atoms with Crippen molar-refractivity contribution in [3.8, 4) is 0 Å². The van der Waals surface area contributed by atoms with Gasteiger partial charge in [0.2, 0.25) is 11.8 Å². The minimum atomic E-state index is -0.106. The second-order valence-electron chi connectivity index (χ2n) is 5.00. The summed E-state index contributed by atoms with van der Waals surface area (Å²) in [5.41, 5.74) is 1.47. The predicted octanol–water partition coefficient (Wildman–Crippen LogP) is 3.06. The Kier molecular flexibility index (Phi) is 4.72. The number of hydrogen-bond acceptors (Lipinski definition) is 4. The van der Waals surface area contributed by atoms with Crippen LogP contribution in [0.2, 0.25) is 0 Å². The molecule has 2 aromatic rings. The molecule has 22 heavy (non-hydrogen) atoms. The summed E-state index contributed by atoms with van der Waals surface area (Å²) in [5, 5.41) is 5.38. The highest BCUT2D eigenvalue weighted by Crippen LogP contribution is 2.25. The molecule has 0 spiro atoms. The van der Waals surface area contributed by atoms with Crippen molar-refractivity contribution >= 4 is 56.6 Å². The van der Waals surface area contributed by atoms with Gasteiger partial charge in [-0.2, -0.15) is 0 Å². The van der Waals surface area contributed by atoms with Crippen molar-refractivity contribution in [2.24, 2.45) is 0 Å². The van der Waals surface area contributed by atoms with Crippen LogP contribution in [-0.2, 0) is 16.0 Å². The van der Waals surface area contributed by atoms with Gasteiger partial charge in [0.1, 0.15) is 0 Å². The molecule has 2 amide bonds. The van der Waals surface area contributed by atoms with Crippen molar-refractivity contribution in [1.29, 1.82) is 0 Å². The highest BCUT2D eigenvalue weighted by atomic mass is 127. The van der Waals surface area contributed by atoms with E-state index in [1.54, 1.807) is 4.90 Å². The number of aromatic nitrogens is 1. The molecule has 2 heterocycles. The van der Waals surface area contributed by atoms with Gasteiger partial charge in [-0.25, -0.2) is 4.98 Å². The first-order chi connectivity index (χ1) is 10.6. The molecular formula is C15H14IN3O2S. The number of anilines is 2. The lowest BCUT2D eigenvalue weighted by Crippen LogP contribution is -2.23. The van der Waals surface area contributed by atoms with E-state index in [1.165, 1.54) is 11.3 Å². The minimum Gasteiger partial charge on any atom is -0.326 e. The van der Waals surface area contributed by atoms with Crippen molar-refractivity contribution in [3.05, 3.63) is 38.9 Å². The van der Waals surface area contributed by atoms with Gasteiger partial charge in [-0.3, -0.25) is 14.5 Å². The molecule has 1 fully saturated rings. The van der Waals surface area contributed by atoms with Gasteiger partial charge in [0.05, 0.1) is 12.1 Å². The van der Waals surface area contributed by atoms with Crippen LogP contribution in [0, 0.1) is 3.57 Å². The molecule has 1 aliphatic heterocycles. The Bertz CT molecular complexity index is 699. The number of hydrogen-bond donors (Lipinski definition) is 1. The zero-order chi connectivity index (χ0) is 15.5. The third-order valence-corrected chi connectivity index (χ3v) is 4.95. The molecule has 0 saturated carbocycles. The fourth-order valence-corrected chi connectivity index (χ4v) is 3.48. The van der Waals surface area contributed by atoms with Gasteiger partial charge >= 0.3 is 0 Å². The summed E-state index contributed by atoms with van der Waals surface area (Å²) in [6.45, 7) is 0.723. The van der Waals surface area contributed by atoms with Gasteiger partial charge in [-0.05, 0) is 53.3 Å². The zero-order valence-corrected chi connectivity index (χ0v) is 14.7. The van der Waals surface area contributed by atoms with Crippen LogP contribution in [0.15, 0.2) is 29.6 Å². The lowest BCUT2D eigenvalue weighted by atomic mass is 10.3. The Hall–Kier alpha value is -1.48. The molecule has 1 aliphatic rings. The van der Waals surface area contributed by atoms with Gasteiger partial charge in [0.25, 0.3) is 0 Å². The normalized spacial score (nSPS) is 14.4. The summed E-state index contributed by atoms with van der Waals surface area (Å²) >= 11 is 3.63. The summed E-state index contributed by atoms with van der Waals surface area (Å²) in [5.74, 6) is 0.00930. The average molecular weight is 427 g/mol. The lowest BCUT2D eigenvalue weighted by molar-refractivity contribution is -0.117. The smallest absolute Gasteiger partial charge is 0.230 e. The van der Waals surface area contributed by atoms with E-state index in [-0.39, 0.29) is 18.2 Å². The summed E-state index contributed by atoms with van der Waals surface area (Å²) in [4.78, 5) is 29.8. The molecule has 1 N–H and O–H groups in total. The number of amides is 2. The Morgan fingerprint density at radius 2 is 2.14 bits per heavy atom. The highest BCUT2D eigenvalue weighted by Gasteiger charge is 2.24. The van der Waals surface area contributed by atoms with Crippen LogP contribution < -0.4 is 10.2 Å². The Labute approximate surface area is 145 Å². The van der Waals surface area contributed by atoms with Gasteiger partial charge in [-0.15, -0.1) is 11.3 Å². The maximum Gasteiger partial charge on any atom is 0.230 e. The Morgan fingerprint density at radius 3 is 2.82 bits per heavy atom. The van der Waals surface area contributed by atoms with Crippen LogP contribution in [0.1, 0.15) is 18.5 Å². The van der Waals surface area contributed by atoms with Crippen LogP contribution >= 0.6 is 33.9 Å². The fraction of sp³-hybridized carbons (Fsp3) is 0.267. The van der Waals surface area contributed by atoms with Crippen LogP contribution in [-0.4, -0.2) is 23.3 Å². The SMILES string of the molecule is O=C(Cc1csc(N2CCCC2=O)n1)Nc1ccc(I)cc1. The summed E-state index contributed by atoms with van der Waals surface area (Å²) < 4.78 is 1.12. The summed E-state index contributed by atoms with van der Waals surface area (Å²) in [6.07, 6.45) is 1.67. The van der Waals surface area contributed by atoms with Crippen LogP contribution in [0.5, 0.6) is 0 Å². The van der Waals surface area contributed by atoms with E-state index in [0.717, 1.165) is 22.2 Å². The number of rotatable bonds is 4. The van der Waals surface area contributed by atoms with Crippen molar-refractivity contribution < 1.29 is 9.59 Å². The number of carbonyl (C=O) groups excluding carboxylic acids is 2. The van der Waals surface area contributed by atoms with Gasteiger partial charge in [-0.1, -0.05) is 0 Å². The van der Waals surface area contributed by atoms with E-state index in [1.807, 2.05) is 29.6 Å². The number of nitrogens with one attached hydrogen (secondary N) is 1. The second-order valence-corrected chi connectivity index (χ2v) is 7.08. The molecule has 0 bridgehead atoms. The van der Waals surface area contributed by atoms with Crippen molar-refractivity contribution in [3.63, 3.8) is 0 Å². The highest BCUT2D eigenvalue weighted by molar-refractivity contribution is 14.1. The molecule has 1 saturated heterocycles. The van der Waals surface area contributed by atoms with Crippen LogP contribution in [0.3, 0.4) is 0 Å². The quantitative estimate of drug-likeness (QED) is 0.764. The summed E-state index contributed by atoms with van der Waals surface area (Å²) in [7, 11) is 0. The maximum atomic E-state index is 12.0. The number of benzene rings is 1. The van der Waals surface area contributed by atoms with Crippen molar-refractivity contribution in [2.75, 3.05) is 16.8 Å². The Balaban J connectivity index is 1.61. The van der Waals surface area contributed by atoms with Crippen molar-refractivity contribution in [2.45, 2.75) is 19.3 Å². The molecule has 1 aromatic heterocycles. The molecule has 0 atom stereocenters. The second kappa shape index (κ2) is 6.74. The monoisotopic (exact) mass is 427 g/mol. The molecule has 0 unspecified atom stereocenters. The average Bonchev–Trinajstić information content (AvgIpc) is 3.10. The minimum absolute atomic E-state index is 0.106. The first kappa shape index (κ1) is 15.4. The lowest BCUT2D eigenvalue weighted by Gasteiger charge is -2.10. The molecule has 5 nitrogen and oxygen atoms in total. The summed E-state index contributed by atoms with van der Waals surface area (Å²) in [6, 6.07) is 7.62. The van der Waals surface area contributed by atoms with Gasteiger partial charge in [0, 0.05) is 27.6 Å². The van der Waals surface area contributed by atoms with E-state index in [9.17, 15) is 9.59 Å². The first-order valence-electron chi connectivity index (χ1n) is 6.92. The third-order valence-electron chi connectivity index (χ3n) is 3.31. The topological polar surface area (TPSA) is 62.3 Å².